The van der Waals surface area contributed by atoms with Crippen LogP contribution in [0.2, 0.25) is 0 Å². The molecule has 0 aromatic heterocycles. The monoisotopic (exact) mass is 256 g/mol. The van der Waals surface area contributed by atoms with Crippen molar-refractivity contribution < 1.29 is 14.7 Å². The summed E-state index contributed by atoms with van der Waals surface area (Å²) < 4.78 is 0. The molecule has 0 aromatic rings. The molecule has 1 atom stereocenters. The number of carbonyl (C=O) groups excluding carboxylic acids is 1. The van der Waals surface area contributed by atoms with Crippen LogP contribution in [0.15, 0.2) is 0 Å². The zero-order chi connectivity index (χ0) is 11.1. The summed E-state index contributed by atoms with van der Waals surface area (Å²) in [6.07, 6.45) is 1.82. The SMILES string of the molecule is CSCC(N)C(=O)N(C)CCC(=O)O.Cl. The van der Waals surface area contributed by atoms with E-state index in [2.05, 4.69) is 0 Å². The van der Waals surface area contributed by atoms with Crippen molar-refractivity contribution >= 4 is 36.0 Å². The molecule has 1 amide bonds. The maximum Gasteiger partial charge on any atom is 0.305 e. The van der Waals surface area contributed by atoms with E-state index in [0.717, 1.165) is 0 Å². The van der Waals surface area contributed by atoms with Gasteiger partial charge >= 0.3 is 5.97 Å². The second kappa shape index (κ2) is 8.82. The lowest BCUT2D eigenvalue weighted by Gasteiger charge is -2.19. The normalized spacial score (nSPS) is 11.4. The average Bonchev–Trinajstić information content (AvgIpc) is 2.13. The van der Waals surface area contributed by atoms with Crippen molar-refractivity contribution in [3.05, 3.63) is 0 Å². The van der Waals surface area contributed by atoms with Crippen molar-refractivity contribution in [3.63, 3.8) is 0 Å². The van der Waals surface area contributed by atoms with Gasteiger partial charge in [-0.05, 0) is 6.26 Å². The van der Waals surface area contributed by atoms with Crippen molar-refractivity contribution in [2.75, 3.05) is 25.6 Å². The average molecular weight is 257 g/mol. The van der Waals surface area contributed by atoms with Crippen molar-refractivity contribution in [2.45, 2.75) is 12.5 Å². The standard InChI is InChI=1S/C8H16N2O3S.ClH/c1-10(4-3-7(11)12)8(13)6(9)5-14-2;/h6H,3-5,9H2,1-2H3,(H,11,12);1H. The highest BCUT2D eigenvalue weighted by Crippen LogP contribution is 1.99. The van der Waals surface area contributed by atoms with Gasteiger partial charge in [-0.15, -0.1) is 12.4 Å². The zero-order valence-electron chi connectivity index (χ0n) is 8.80. The Morgan fingerprint density at radius 2 is 2.07 bits per heavy atom. The molecule has 0 fully saturated rings. The first kappa shape index (κ1) is 17.0. The highest BCUT2D eigenvalue weighted by atomic mass is 35.5. The van der Waals surface area contributed by atoms with Gasteiger partial charge in [-0.3, -0.25) is 9.59 Å². The van der Waals surface area contributed by atoms with Gasteiger partial charge in [-0.1, -0.05) is 0 Å². The Bertz CT molecular complexity index is 216. The molecular formula is C8H17ClN2O3S. The molecule has 0 aliphatic heterocycles. The molecule has 3 N–H and O–H groups in total. The molecule has 0 heterocycles. The predicted molar refractivity (Wildman–Crippen MR) is 63.5 cm³/mol. The second-order valence-corrected chi connectivity index (χ2v) is 3.88. The van der Waals surface area contributed by atoms with Gasteiger partial charge in [0.25, 0.3) is 0 Å². The summed E-state index contributed by atoms with van der Waals surface area (Å²) in [6.45, 7) is 0.205. The Balaban J connectivity index is 0. The number of likely N-dealkylation sites (N-methyl/N-ethyl adjacent to an activating group) is 1. The van der Waals surface area contributed by atoms with E-state index >= 15 is 0 Å². The van der Waals surface area contributed by atoms with Gasteiger partial charge in [0, 0.05) is 19.3 Å². The Labute approximate surface area is 99.8 Å². The predicted octanol–water partition coefficient (Wildman–Crippen LogP) is 0.0316. The first-order valence-electron chi connectivity index (χ1n) is 4.20. The molecule has 5 nitrogen and oxygen atoms in total. The summed E-state index contributed by atoms with van der Waals surface area (Å²) in [6, 6.07) is -0.538. The summed E-state index contributed by atoms with van der Waals surface area (Å²) in [5.74, 6) is -0.570. The van der Waals surface area contributed by atoms with E-state index in [0.29, 0.717) is 5.75 Å². The maximum absolute atomic E-state index is 11.4. The minimum atomic E-state index is -0.914. The van der Waals surface area contributed by atoms with E-state index in [1.165, 1.54) is 16.7 Å². The fourth-order valence-corrected chi connectivity index (χ4v) is 1.41. The summed E-state index contributed by atoms with van der Waals surface area (Å²) in [7, 11) is 1.56. The summed E-state index contributed by atoms with van der Waals surface area (Å²) in [4.78, 5) is 23.0. The van der Waals surface area contributed by atoms with Crippen LogP contribution in [0.5, 0.6) is 0 Å². The molecule has 0 radical (unpaired) electrons. The molecule has 1 unspecified atom stereocenters. The van der Waals surface area contributed by atoms with Gasteiger partial charge in [0.05, 0.1) is 12.5 Å². The molecule has 0 bridgehead atoms. The smallest absolute Gasteiger partial charge is 0.305 e. The highest BCUT2D eigenvalue weighted by molar-refractivity contribution is 7.98. The number of halogens is 1. The third kappa shape index (κ3) is 7.47. The zero-order valence-corrected chi connectivity index (χ0v) is 10.4. The Morgan fingerprint density at radius 3 is 2.47 bits per heavy atom. The first-order valence-corrected chi connectivity index (χ1v) is 5.59. The number of hydrogen-bond donors (Lipinski definition) is 2. The molecule has 7 heteroatoms. The number of nitrogens with two attached hydrogens (primary N) is 1. The molecule has 0 aliphatic carbocycles. The van der Waals surface area contributed by atoms with Crippen LogP contribution in [0, 0.1) is 0 Å². The summed E-state index contributed by atoms with van der Waals surface area (Å²) in [5.41, 5.74) is 5.58. The number of carboxylic acids is 1. The molecule has 0 rings (SSSR count). The summed E-state index contributed by atoms with van der Waals surface area (Å²) >= 11 is 1.49. The minimum Gasteiger partial charge on any atom is -0.481 e. The molecule has 0 saturated heterocycles. The van der Waals surface area contributed by atoms with Gasteiger partial charge < -0.3 is 15.7 Å². The second-order valence-electron chi connectivity index (χ2n) is 2.97. The Hall–Kier alpha value is -0.460. The van der Waals surface area contributed by atoms with Crippen molar-refractivity contribution in [3.8, 4) is 0 Å². The highest BCUT2D eigenvalue weighted by Gasteiger charge is 2.17. The molecule has 0 aromatic carbocycles. The molecule has 90 valence electrons. The van der Waals surface area contributed by atoms with E-state index in [1.807, 2.05) is 6.26 Å². The Morgan fingerprint density at radius 1 is 1.53 bits per heavy atom. The van der Waals surface area contributed by atoms with E-state index in [1.54, 1.807) is 7.05 Å². The lowest BCUT2D eigenvalue weighted by atomic mass is 10.3. The number of thioether (sulfide) groups is 1. The van der Waals surface area contributed by atoms with Crippen LogP contribution in [0.3, 0.4) is 0 Å². The van der Waals surface area contributed by atoms with Crippen LogP contribution in [0.25, 0.3) is 0 Å². The lowest BCUT2D eigenvalue weighted by molar-refractivity contribution is -0.138. The maximum atomic E-state index is 11.4. The van der Waals surface area contributed by atoms with Crippen LogP contribution >= 0.6 is 24.2 Å². The van der Waals surface area contributed by atoms with Gasteiger partial charge in [-0.25, -0.2) is 0 Å². The fourth-order valence-electron chi connectivity index (χ4n) is 0.907. The number of carbonyl (C=O) groups is 2. The number of amides is 1. The lowest BCUT2D eigenvalue weighted by Crippen LogP contribution is -2.43. The van der Waals surface area contributed by atoms with E-state index in [-0.39, 0.29) is 31.3 Å². The Kier molecular flexibility index (Phi) is 9.96. The van der Waals surface area contributed by atoms with Crippen LogP contribution < -0.4 is 5.73 Å². The largest absolute Gasteiger partial charge is 0.481 e. The number of nitrogens with zero attached hydrogens (tertiary/aromatic N) is 1. The van der Waals surface area contributed by atoms with Crippen LogP contribution in [-0.2, 0) is 9.59 Å². The van der Waals surface area contributed by atoms with E-state index in [9.17, 15) is 9.59 Å². The first-order chi connectivity index (χ1) is 6.49. The number of hydrogen-bond acceptors (Lipinski definition) is 4. The summed E-state index contributed by atoms with van der Waals surface area (Å²) in [5, 5.41) is 8.41. The molecular weight excluding hydrogens is 240 g/mol. The topological polar surface area (TPSA) is 83.6 Å². The number of aliphatic carboxylic acids is 1. The van der Waals surface area contributed by atoms with Crippen molar-refractivity contribution in [2.24, 2.45) is 5.73 Å². The third-order valence-corrected chi connectivity index (χ3v) is 2.39. The van der Waals surface area contributed by atoms with Crippen LogP contribution in [-0.4, -0.2) is 53.5 Å². The van der Waals surface area contributed by atoms with Crippen molar-refractivity contribution in [1.29, 1.82) is 0 Å². The van der Waals surface area contributed by atoms with E-state index in [4.69, 9.17) is 10.8 Å². The van der Waals surface area contributed by atoms with Crippen molar-refractivity contribution in [1.82, 2.24) is 4.90 Å². The van der Waals surface area contributed by atoms with Gasteiger partial charge in [0.1, 0.15) is 0 Å². The van der Waals surface area contributed by atoms with Crippen LogP contribution in [0.1, 0.15) is 6.42 Å². The van der Waals surface area contributed by atoms with Crippen LogP contribution in [0.4, 0.5) is 0 Å². The number of carboxylic acid groups (broad SMARTS) is 1. The molecule has 0 saturated carbocycles. The quantitative estimate of drug-likeness (QED) is 0.701. The third-order valence-electron chi connectivity index (χ3n) is 1.70. The van der Waals surface area contributed by atoms with E-state index < -0.39 is 12.0 Å². The number of rotatable bonds is 6. The fraction of sp³-hybridized carbons (Fsp3) is 0.750. The van der Waals surface area contributed by atoms with Gasteiger partial charge in [0.15, 0.2) is 0 Å². The molecule has 0 aliphatic rings. The molecule has 0 spiro atoms. The molecule has 15 heavy (non-hydrogen) atoms. The minimum absolute atomic E-state index is 0. The van der Waals surface area contributed by atoms with Gasteiger partial charge in [0.2, 0.25) is 5.91 Å². The van der Waals surface area contributed by atoms with Gasteiger partial charge in [-0.2, -0.15) is 11.8 Å².